The molecular weight excluding hydrogens is 162 g/mol. The molecule has 1 N–H and O–H groups in total. The second-order valence-electron chi connectivity index (χ2n) is 3.74. The van der Waals surface area contributed by atoms with Crippen LogP contribution >= 0.6 is 0 Å². The van der Waals surface area contributed by atoms with Gasteiger partial charge in [0.15, 0.2) is 0 Å². The van der Waals surface area contributed by atoms with E-state index >= 15 is 0 Å². The second-order valence-corrected chi connectivity index (χ2v) is 3.74. The normalized spacial score (nSPS) is 23.2. The average molecular weight is 179 g/mol. The Hall–Kier alpha value is -0.830. The van der Waals surface area contributed by atoms with Gasteiger partial charge >= 0.3 is 0 Å². The molecule has 13 heavy (non-hydrogen) atoms. The zero-order valence-corrected chi connectivity index (χ0v) is 7.95. The predicted molar refractivity (Wildman–Crippen MR) is 52.5 cm³/mol. The van der Waals surface area contributed by atoms with Crippen LogP contribution in [0.25, 0.3) is 0 Å². The van der Waals surface area contributed by atoms with E-state index in [1.807, 2.05) is 18.7 Å². The van der Waals surface area contributed by atoms with Crippen molar-refractivity contribution in [1.29, 1.82) is 0 Å². The van der Waals surface area contributed by atoms with E-state index in [9.17, 15) is 0 Å². The summed E-state index contributed by atoms with van der Waals surface area (Å²) in [6.07, 6.45) is 11.1. The average Bonchev–Trinajstić information content (AvgIpc) is 2.69. The number of hydrogen-bond acceptors (Lipinski definition) is 2. The molecule has 1 aromatic rings. The van der Waals surface area contributed by atoms with Crippen molar-refractivity contribution in [3.63, 3.8) is 0 Å². The molecule has 0 aliphatic carbocycles. The van der Waals surface area contributed by atoms with Gasteiger partial charge in [-0.25, -0.2) is 4.98 Å². The summed E-state index contributed by atoms with van der Waals surface area (Å²) in [6, 6.07) is 0.733. The lowest BCUT2D eigenvalue weighted by atomic mass is 10.0. The summed E-state index contributed by atoms with van der Waals surface area (Å²) in [7, 11) is 0. The van der Waals surface area contributed by atoms with Crippen molar-refractivity contribution in [2.75, 3.05) is 6.54 Å². The Morgan fingerprint density at radius 1 is 1.46 bits per heavy atom. The molecule has 1 aromatic heterocycles. The first-order valence-electron chi connectivity index (χ1n) is 5.14. The Balaban J connectivity index is 1.72. The van der Waals surface area contributed by atoms with Crippen LogP contribution in [0, 0.1) is 0 Å². The van der Waals surface area contributed by atoms with Crippen LogP contribution in [0.1, 0.15) is 25.7 Å². The SMILES string of the molecule is c1cn(CCC2CCCCN2)cn1. The van der Waals surface area contributed by atoms with Gasteiger partial charge in [0.25, 0.3) is 0 Å². The highest BCUT2D eigenvalue weighted by Crippen LogP contribution is 2.10. The van der Waals surface area contributed by atoms with Gasteiger partial charge in [0.1, 0.15) is 0 Å². The fraction of sp³-hybridized carbons (Fsp3) is 0.700. The Kier molecular flexibility index (Phi) is 2.98. The van der Waals surface area contributed by atoms with Gasteiger partial charge < -0.3 is 9.88 Å². The summed E-state index contributed by atoms with van der Waals surface area (Å²) < 4.78 is 2.15. The molecule has 2 rings (SSSR count). The summed E-state index contributed by atoms with van der Waals surface area (Å²) in [5.41, 5.74) is 0. The molecule has 3 heteroatoms. The minimum atomic E-state index is 0.733. The molecule has 1 aliphatic heterocycles. The fourth-order valence-electron chi connectivity index (χ4n) is 1.89. The molecule has 0 spiro atoms. The quantitative estimate of drug-likeness (QED) is 0.760. The highest BCUT2D eigenvalue weighted by Gasteiger charge is 2.11. The number of imidazole rings is 1. The molecule has 0 bridgehead atoms. The summed E-state index contributed by atoms with van der Waals surface area (Å²) in [4.78, 5) is 4.03. The smallest absolute Gasteiger partial charge is 0.0945 e. The van der Waals surface area contributed by atoms with Crippen molar-refractivity contribution in [3.8, 4) is 0 Å². The van der Waals surface area contributed by atoms with Gasteiger partial charge in [0, 0.05) is 25.0 Å². The Bertz CT molecular complexity index is 224. The van der Waals surface area contributed by atoms with Crippen LogP contribution < -0.4 is 5.32 Å². The number of hydrogen-bond donors (Lipinski definition) is 1. The monoisotopic (exact) mass is 179 g/mol. The van der Waals surface area contributed by atoms with E-state index in [4.69, 9.17) is 0 Å². The van der Waals surface area contributed by atoms with Gasteiger partial charge in [-0.3, -0.25) is 0 Å². The number of piperidine rings is 1. The molecule has 0 saturated carbocycles. The van der Waals surface area contributed by atoms with E-state index in [1.54, 1.807) is 0 Å². The third-order valence-corrected chi connectivity index (χ3v) is 2.71. The molecule has 2 heterocycles. The van der Waals surface area contributed by atoms with Crippen molar-refractivity contribution in [2.24, 2.45) is 0 Å². The maximum absolute atomic E-state index is 4.03. The fourth-order valence-corrected chi connectivity index (χ4v) is 1.89. The lowest BCUT2D eigenvalue weighted by molar-refractivity contribution is 0.366. The highest BCUT2D eigenvalue weighted by atomic mass is 15.0. The first kappa shape index (κ1) is 8.75. The van der Waals surface area contributed by atoms with Crippen LogP contribution in [-0.2, 0) is 6.54 Å². The number of nitrogens with zero attached hydrogens (tertiary/aromatic N) is 2. The molecule has 0 radical (unpaired) electrons. The Morgan fingerprint density at radius 2 is 2.46 bits per heavy atom. The van der Waals surface area contributed by atoms with Crippen LogP contribution in [0.5, 0.6) is 0 Å². The summed E-state index contributed by atoms with van der Waals surface area (Å²) in [5, 5.41) is 3.55. The minimum absolute atomic E-state index is 0.733. The number of nitrogens with one attached hydrogen (secondary N) is 1. The van der Waals surface area contributed by atoms with E-state index < -0.39 is 0 Å². The Labute approximate surface area is 79.2 Å². The van der Waals surface area contributed by atoms with Crippen LogP contribution in [0.15, 0.2) is 18.7 Å². The highest BCUT2D eigenvalue weighted by molar-refractivity contribution is 4.77. The van der Waals surface area contributed by atoms with Crippen LogP contribution in [-0.4, -0.2) is 22.1 Å². The molecule has 1 unspecified atom stereocenters. The molecule has 1 saturated heterocycles. The topological polar surface area (TPSA) is 29.9 Å². The lowest BCUT2D eigenvalue weighted by Gasteiger charge is -2.23. The van der Waals surface area contributed by atoms with E-state index in [-0.39, 0.29) is 0 Å². The largest absolute Gasteiger partial charge is 0.337 e. The zero-order chi connectivity index (χ0) is 8.93. The number of aromatic nitrogens is 2. The molecule has 1 fully saturated rings. The first-order valence-corrected chi connectivity index (χ1v) is 5.14. The van der Waals surface area contributed by atoms with Crippen LogP contribution in [0.4, 0.5) is 0 Å². The second kappa shape index (κ2) is 4.42. The Morgan fingerprint density at radius 3 is 3.15 bits per heavy atom. The van der Waals surface area contributed by atoms with E-state index in [1.165, 1.54) is 32.2 Å². The summed E-state index contributed by atoms with van der Waals surface area (Å²) in [6.45, 7) is 2.30. The van der Waals surface area contributed by atoms with E-state index in [0.717, 1.165) is 12.6 Å². The summed E-state index contributed by atoms with van der Waals surface area (Å²) in [5.74, 6) is 0. The van der Waals surface area contributed by atoms with Crippen molar-refractivity contribution in [1.82, 2.24) is 14.9 Å². The first-order chi connectivity index (χ1) is 6.45. The third-order valence-electron chi connectivity index (χ3n) is 2.71. The molecule has 0 amide bonds. The third kappa shape index (κ3) is 2.56. The summed E-state index contributed by atoms with van der Waals surface area (Å²) >= 11 is 0. The van der Waals surface area contributed by atoms with Crippen molar-refractivity contribution < 1.29 is 0 Å². The molecular formula is C10H17N3. The number of aryl methyl sites for hydroxylation is 1. The molecule has 3 nitrogen and oxygen atoms in total. The van der Waals surface area contributed by atoms with Crippen LogP contribution in [0.3, 0.4) is 0 Å². The van der Waals surface area contributed by atoms with Gasteiger partial charge in [-0.2, -0.15) is 0 Å². The molecule has 0 aromatic carbocycles. The molecule has 1 atom stereocenters. The number of rotatable bonds is 3. The predicted octanol–water partition coefficient (Wildman–Crippen LogP) is 1.42. The lowest BCUT2D eigenvalue weighted by Crippen LogP contribution is -2.34. The van der Waals surface area contributed by atoms with Crippen LogP contribution in [0.2, 0.25) is 0 Å². The zero-order valence-electron chi connectivity index (χ0n) is 7.95. The maximum atomic E-state index is 4.03. The van der Waals surface area contributed by atoms with Gasteiger partial charge in [-0.15, -0.1) is 0 Å². The van der Waals surface area contributed by atoms with E-state index in [2.05, 4.69) is 14.9 Å². The van der Waals surface area contributed by atoms with E-state index in [0.29, 0.717) is 0 Å². The minimum Gasteiger partial charge on any atom is -0.337 e. The van der Waals surface area contributed by atoms with Gasteiger partial charge in [-0.1, -0.05) is 6.42 Å². The standard InChI is InChI=1S/C10H17N3/c1-2-5-12-10(3-1)4-7-13-8-6-11-9-13/h6,8-10,12H,1-5,7H2. The van der Waals surface area contributed by atoms with Gasteiger partial charge in [-0.05, 0) is 25.8 Å². The van der Waals surface area contributed by atoms with Crippen molar-refractivity contribution >= 4 is 0 Å². The van der Waals surface area contributed by atoms with Crippen molar-refractivity contribution in [3.05, 3.63) is 18.7 Å². The van der Waals surface area contributed by atoms with Gasteiger partial charge in [0.05, 0.1) is 6.33 Å². The maximum Gasteiger partial charge on any atom is 0.0945 e. The van der Waals surface area contributed by atoms with Gasteiger partial charge in [0.2, 0.25) is 0 Å². The molecule has 72 valence electrons. The molecule has 1 aliphatic rings. The van der Waals surface area contributed by atoms with Crippen molar-refractivity contribution in [2.45, 2.75) is 38.3 Å².